The van der Waals surface area contributed by atoms with Gasteiger partial charge >= 0.3 is 5.97 Å². The van der Waals surface area contributed by atoms with Gasteiger partial charge in [0, 0.05) is 67.2 Å². The van der Waals surface area contributed by atoms with Crippen molar-refractivity contribution in [3.8, 4) is 0 Å². The first-order chi connectivity index (χ1) is 17.6. The number of ether oxygens (including phenoxy) is 2. The second kappa shape index (κ2) is 11.5. The van der Waals surface area contributed by atoms with E-state index in [9.17, 15) is 4.79 Å². The predicted octanol–water partition coefficient (Wildman–Crippen LogP) is 4.00. The van der Waals surface area contributed by atoms with Crippen LogP contribution < -0.4 is 21.2 Å². The number of anilines is 2. The zero-order valence-corrected chi connectivity index (χ0v) is 21.0. The topological polar surface area (TPSA) is 99.8 Å². The minimum atomic E-state index is -0.855. The molecule has 0 saturated carbocycles. The van der Waals surface area contributed by atoms with Gasteiger partial charge in [-0.3, -0.25) is 0 Å². The third-order valence-corrected chi connectivity index (χ3v) is 7.07. The minimum absolute atomic E-state index is 0.303. The molecule has 0 spiro atoms. The molecule has 9 heteroatoms. The number of hydrogen-bond donors (Lipinski definition) is 3. The Morgan fingerprint density at radius 3 is 2.36 bits per heavy atom. The molecular weight excluding hydrogens is 480 g/mol. The maximum absolute atomic E-state index is 13.1. The largest absolute Gasteiger partial charge is 0.382 e. The summed E-state index contributed by atoms with van der Waals surface area (Å²) >= 11 is 6.28. The van der Waals surface area contributed by atoms with E-state index in [1.807, 2.05) is 42.5 Å². The number of aromatic nitrogens is 1. The number of carbonyl (C=O) groups excluding carboxylic acids is 1. The zero-order chi connectivity index (χ0) is 24.9. The quantitative estimate of drug-likeness (QED) is 0.419. The summed E-state index contributed by atoms with van der Waals surface area (Å²) in [5.41, 5.74) is 9.90. The summed E-state index contributed by atoms with van der Waals surface area (Å²) in [6.07, 6.45) is 5.79. The summed E-state index contributed by atoms with van der Waals surface area (Å²) < 4.78 is 12.4. The van der Waals surface area contributed by atoms with Crippen molar-refractivity contribution in [1.29, 1.82) is 0 Å². The molecule has 36 heavy (non-hydrogen) atoms. The average molecular weight is 513 g/mol. The van der Waals surface area contributed by atoms with Crippen molar-refractivity contribution in [3.63, 3.8) is 0 Å². The first-order valence-corrected chi connectivity index (χ1v) is 13.0. The first-order valence-electron chi connectivity index (χ1n) is 12.6. The van der Waals surface area contributed by atoms with Gasteiger partial charge < -0.3 is 30.7 Å². The molecule has 0 bridgehead atoms. The molecule has 2 aliphatic heterocycles. The third kappa shape index (κ3) is 5.95. The number of benzene rings is 2. The van der Waals surface area contributed by atoms with Gasteiger partial charge in [0.1, 0.15) is 11.6 Å². The average Bonchev–Trinajstić information content (AvgIpc) is 3.30. The van der Waals surface area contributed by atoms with Crippen LogP contribution in [0.15, 0.2) is 48.7 Å². The van der Waals surface area contributed by atoms with E-state index in [1.165, 1.54) is 4.73 Å². The van der Waals surface area contributed by atoms with Crippen molar-refractivity contribution >= 4 is 39.8 Å². The Bertz CT molecular complexity index is 1190. The molecule has 0 amide bonds. The molecule has 1 aromatic heterocycles. The summed E-state index contributed by atoms with van der Waals surface area (Å²) in [6, 6.07) is 13.3. The Hall–Kier alpha value is -2.78. The van der Waals surface area contributed by atoms with Crippen LogP contribution in [0.2, 0.25) is 5.02 Å². The summed E-state index contributed by atoms with van der Waals surface area (Å²) in [4.78, 5) is 18.8. The monoisotopic (exact) mass is 512 g/mol. The molecule has 2 aromatic carbocycles. The van der Waals surface area contributed by atoms with Gasteiger partial charge in [-0.25, -0.2) is 4.79 Å². The van der Waals surface area contributed by atoms with Gasteiger partial charge in [0.05, 0.1) is 5.69 Å². The smallest absolute Gasteiger partial charge is 0.349 e. The van der Waals surface area contributed by atoms with E-state index < -0.39 is 12.0 Å². The van der Waals surface area contributed by atoms with Gasteiger partial charge in [0.15, 0.2) is 0 Å². The zero-order valence-electron chi connectivity index (χ0n) is 20.3. The van der Waals surface area contributed by atoms with E-state index in [0.29, 0.717) is 23.5 Å². The number of nitrogens with one attached hydrogen (secondary N) is 2. The van der Waals surface area contributed by atoms with Gasteiger partial charge in [-0.2, -0.15) is 4.73 Å². The summed E-state index contributed by atoms with van der Waals surface area (Å²) in [5, 5.41) is 8.74. The molecule has 0 aliphatic carbocycles. The Kier molecular flexibility index (Phi) is 7.96. The Balaban J connectivity index is 1.29. The number of nitrogens with two attached hydrogens (primary N) is 1. The maximum Gasteiger partial charge on any atom is 0.349 e. The number of carbonyl (C=O) groups is 1. The molecule has 3 heterocycles. The highest BCUT2D eigenvalue weighted by atomic mass is 35.5. The molecule has 1 atom stereocenters. The predicted molar refractivity (Wildman–Crippen MR) is 142 cm³/mol. The molecule has 0 radical (unpaired) electrons. The van der Waals surface area contributed by atoms with E-state index in [0.717, 1.165) is 80.0 Å². The van der Waals surface area contributed by atoms with Gasteiger partial charge in [0.2, 0.25) is 0 Å². The Labute approximate surface area is 216 Å². The standard InChI is InChI=1S/C27H33ClN4O4/c28-20-4-5-24(30-21-7-12-34-13-8-21)19(16-20)17-23(29)27(33)36-32-11-6-18-2-1-3-25(26(18)32)31-22-9-14-35-15-10-22/h1-6,11,16,21-23,30-31H,7-10,12-15,17,29H2. The summed E-state index contributed by atoms with van der Waals surface area (Å²) in [5.74, 6) is -0.509. The van der Waals surface area contributed by atoms with Gasteiger partial charge in [-0.05, 0) is 61.6 Å². The highest BCUT2D eigenvalue weighted by Crippen LogP contribution is 2.27. The van der Waals surface area contributed by atoms with Crippen molar-refractivity contribution in [3.05, 3.63) is 59.2 Å². The number of halogens is 1. The fourth-order valence-electron chi connectivity index (χ4n) is 4.84. The molecule has 2 aliphatic rings. The van der Waals surface area contributed by atoms with Crippen LogP contribution in [0.5, 0.6) is 0 Å². The van der Waals surface area contributed by atoms with Gasteiger partial charge in [-0.1, -0.05) is 23.7 Å². The van der Waals surface area contributed by atoms with Crippen molar-refractivity contribution < 1.29 is 19.1 Å². The van der Waals surface area contributed by atoms with E-state index in [-0.39, 0.29) is 0 Å². The van der Waals surface area contributed by atoms with Crippen LogP contribution in [-0.2, 0) is 20.7 Å². The van der Waals surface area contributed by atoms with Crippen LogP contribution in [0.4, 0.5) is 11.4 Å². The second-order valence-electron chi connectivity index (χ2n) is 9.47. The second-order valence-corrected chi connectivity index (χ2v) is 9.91. The van der Waals surface area contributed by atoms with Gasteiger partial charge in [0.25, 0.3) is 0 Å². The minimum Gasteiger partial charge on any atom is -0.382 e. The lowest BCUT2D eigenvalue weighted by Gasteiger charge is -2.26. The van der Waals surface area contributed by atoms with Crippen molar-refractivity contribution in [2.75, 3.05) is 37.1 Å². The Morgan fingerprint density at radius 2 is 1.67 bits per heavy atom. The molecule has 1 unspecified atom stereocenters. The van der Waals surface area contributed by atoms with Crippen molar-refractivity contribution in [2.45, 2.75) is 50.2 Å². The van der Waals surface area contributed by atoms with Crippen LogP contribution in [0, 0.1) is 0 Å². The van der Waals surface area contributed by atoms with Crippen LogP contribution in [0.3, 0.4) is 0 Å². The summed E-state index contributed by atoms with van der Waals surface area (Å²) in [7, 11) is 0. The lowest BCUT2D eigenvalue weighted by Crippen LogP contribution is -2.39. The number of para-hydroxylation sites is 1. The van der Waals surface area contributed by atoms with Crippen LogP contribution in [0.25, 0.3) is 10.9 Å². The highest BCUT2D eigenvalue weighted by Gasteiger charge is 2.22. The van der Waals surface area contributed by atoms with Crippen LogP contribution in [0.1, 0.15) is 31.2 Å². The number of fused-ring (bicyclic) bond motifs is 1. The molecule has 5 rings (SSSR count). The Morgan fingerprint density at radius 1 is 1.00 bits per heavy atom. The highest BCUT2D eigenvalue weighted by molar-refractivity contribution is 6.30. The molecule has 8 nitrogen and oxygen atoms in total. The van der Waals surface area contributed by atoms with Crippen molar-refractivity contribution in [2.24, 2.45) is 5.73 Å². The summed E-state index contributed by atoms with van der Waals surface area (Å²) in [6.45, 7) is 2.96. The lowest BCUT2D eigenvalue weighted by molar-refractivity contribution is -0.145. The molecule has 2 saturated heterocycles. The van der Waals surface area contributed by atoms with E-state index >= 15 is 0 Å². The van der Waals surface area contributed by atoms with Gasteiger partial charge in [-0.15, -0.1) is 0 Å². The van der Waals surface area contributed by atoms with E-state index in [4.69, 9.17) is 31.6 Å². The van der Waals surface area contributed by atoms with E-state index in [1.54, 1.807) is 6.20 Å². The van der Waals surface area contributed by atoms with Crippen LogP contribution >= 0.6 is 11.6 Å². The molecule has 2 fully saturated rings. The molecule has 4 N–H and O–H groups in total. The van der Waals surface area contributed by atoms with Crippen molar-refractivity contribution in [1.82, 2.24) is 4.73 Å². The van der Waals surface area contributed by atoms with Crippen LogP contribution in [-0.4, -0.2) is 55.3 Å². The number of nitrogens with zero attached hydrogens (tertiary/aromatic N) is 1. The number of hydrogen-bond acceptors (Lipinski definition) is 7. The first kappa shape index (κ1) is 24.9. The molecule has 3 aromatic rings. The molecular formula is C27H33ClN4O4. The fraction of sp³-hybridized carbons (Fsp3) is 0.444. The van der Waals surface area contributed by atoms with E-state index in [2.05, 4.69) is 10.6 Å². The third-order valence-electron chi connectivity index (χ3n) is 6.84. The normalized spacial score (nSPS) is 18.2. The fourth-order valence-corrected chi connectivity index (χ4v) is 5.03. The maximum atomic E-state index is 13.1. The lowest BCUT2D eigenvalue weighted by atomic mass is 10.0. The SMILES string of the molecule is NC(Cc1cc(Cl)ccc1NC1CCOCC1)C(=O)On1ccc2cccc(NC3CCOCC3)c21. The molecule has 192 valence electrons. The number of rotatable bonds is 8.